The largest absolute Gasteiger partial charge is 0.378 e. The van der Waals surface area contributed by atoms with E-state index >= 15 is 0 Å². The number of anilines is 2. The monoisotopic (exact) mass is 273 g/mol. The van der Waals surface area contributed by atoms with Crippen LogP contribution in [0.1, 0.15) is 0 Å². The third kappa shape index (κ3) is 2.32. The minimum Gasteiger partial charge on any atom is -0.378 e. The Balaban J connectivity index is 2.35. The maximum absolute atomic E-state index is 11.3. The fourth-order valence-corrected chi connectivity index (χ4v) is 2.91. The number of nitro groups is 1. The molecular formula is C8H11N5O4S. The van der Waals surface area contributed by atoms with Crippen LogP contribution in [0, 0.1) is 10.1 Å². The highest BCUT2D eigenvalue weighted by Crippen LogP contribution is 2.30. The van der Waals surface area contributed by atoms with Gasteiger partial charge in [-0.3, -0.25) is 10.1 Å². The van der Waals surface area contributed by atoms with E-state index in [1.165, 1.54) is 4.90 Å². The summed E-state index contributed by atoms with van der Waals surface area (Å²) in [6.07, 6.45) is 1.13. The Labute approximate surface area is 103 Å². The van der Waals surface area contributed by atoms with E-state index < -0.39 is 14.8 Å². The predicted octanol–water partition coefficient (Wildman–Crippen LogP) is -0.798. The van der Waals surface area contributed by atoms with Gasteiger partial charge in [0, 0.05) is 13.1 Å². The minimum atomic E-state index is -3.05. The molecule has 1 aliphatic rings. The zero-order valence-corrected chi connectivity index (χ0v) is 10.1. The zero-order chi connectivity index (χ0) is 13.3. The van der Waals surface area contributed by atoms with Crippen LogP contribution in [0.25, 0.3) is 0 Å². The van der Waals surface area contributed by atoms with Crippen LogP contribution in [0.2, 0.25) is 0 Å². The lowest BCUT2D eigenvalue weighted by molar-refractivity contribution is -0.383. The molecule has 0 bridgehead atoms. The first-order valence-electron chi connectivity index (χ1n) is 5.11. The SMILES string of the molecule is Nc1ncnc(N2CCS(=O)(=O)CC2)c1[N+](=O)[O-]. The van der Waals surface area contributed by atoms with Gasteiger partial charge in [-0.2, -0.15) is 0 Å². The van der Waals surface area contributed by atoms with Crippen molar-refractivity contribution in [3.8, 4) is 0 Å². The molecule has 1 aromatic heterocycles. The van der Waals surface area contributed by atoms with Crippen molar-refractivity contribution in [2.24, 2.45) is 0 Å². The fourth-order valence-electron chi connectivity index (χ4n) is 1.71. The molecule has 0 radical (unpaired) electrons. The highest BCUT2D eigenvalue weighted by Gasteiger charge is 2.29. The number of sulfone groups is 1. The molecule has 1 fully saturated rings. The Morgan fingerprint density at radius 1 is 1.33 bits per heavy atom. The van der Waals surface area contributed by atoms with Gasteiger partial charge in [0.05, 0.1) is 16.4 Å². The summed E-state index contributed by atoms with van der Waals surface area (Å²) < 4.78 is 22.6. The summed E-state index contributed by atoms with van der Waals surface area (Å²) in [4.78, 5) is 19.2. The number of nitrogen functional groups attached to an aromatic ring is 1. The smallest absolute Gasteiger partial charge is 0.353 e. The Bertz CT molecular complexity index is 573. The number of rotatable bonds is 2. The van der Waals surface area contributed by atoms with Crippen LogP contribution in [0.15, 0.2) is 6.33 Å². The van der Waals surface area contributed by atoms with Crippen molar-refractivity contribution in [2.75, 3.05) is 35.2 Å². The molecule has 2 N–H and O–H groups in total. The molecule has 0 atom stereocenters. The van der Waals surface area contributed by atoms with E-state index in [0.29, 0.717) is 0 Å². The van der Waals surface area contributed by atoms with E-state index in [2.05, 4.69) is 9.97 Å². The van der Waals surface area contributed by atoms with Crippen LogP contribution in [0.3, 0.4) is 0 Å². The summed E-state index contributed by atoms with van der Waals surface area (Å²) in [6.45, 7) is 0.333. The van der Waals surface area contributed by atoms with Crippen molar-refractivity contribution in [3.63, 3.8) is 0 Å². The predicted molar refractivity (Wildman–Crippen MR) is 64.0 cm³/mol. The quantitative estimate of drug-likeness (QED) is 0.547. The maximum Gasteiger partial charge on any atom is 0.353 e. The first-order valence-corrected chi connectivity index (χ1v) is 6.93. The van der Waals surface area contributed by atoms with Gasteiger partial charge in [-0.15, -0.1) is 0 Å². The molecule has 0 aliphatic carbocycles. The summed E-state index contributed by atoms with van der Waals surface area (Å²) >= 11 is 0. The summed E-state index contributed by atoms with van der Waals surface area (Å²) in [5.41, 5.74) is 5.07. The number of hydrogen-bond acceptors (Lipinski definition) is 8. The molecule has 18 heavy (non-hydrogen) atoms. The lowest BCUT2D eigenvalue weighted by Crippen LogP contribution is -2.41. The second kappa shape index (κ2) is 4.37. The Morgan fingerprint density at radius 3 is 2.50 bits per heavy atom. The normalized spacial score (nSPS) is 18.6. The summed E-state index contributed by atoms with van der Waals surface area (Å²) in [5, 5.41) is 10.9. The third-order valence-corrected chi connectivity index (χ3v) is 4.27. The van der Waals surface area contributed by atoms with Crippen LogP contribution in [-0.2, 0) is 9.84 Å². The first kappa shape index (κ1) is 12.5. The highest BCUT2D eigenvalue weighted by atomic mass is 32.2. The molecule has 98 valence electrons. The molecule has 1 aromatic rings. The topological polar surface area (TPSA) is 132 Å². The number of hydrogen-bond donors (Lipinski definition) is 1. The molecule has 2 rings (SSSR count). The van der Waals surface area contributed by atoms with E-state index in [1.807, 2.05) is 0 Å². The molecule has 0 unspecified atom stereocenters. The van der Waals surface area contributed by atoms with Crippen LogP contribution >= 0.6 is 0 Å². The summed E-state index contributed by atoms with van der Waals surface area (Å²) in [7, 11) is -3.05. The lowest BCUT2D eigenvalue weighted by atomic mass is 10.4. The van der Waals surface area contributed by atoms with Crippen LogP contribution in [0.4, 0.5) is 17.3 Å². The van der Waals surface area contributed by atoms with Gasteiger partial charge >= 0.3 is 5.69 Å². The second-order valence-electron chi connectivity index (χ2n) is 3.83. The van der Waals surface area contributed by atoms with E-state index in [4.69, 9.17) is 5.73 Å². The molecule has 9 nitrogen and oxygen atoms in total. The molecule has 0 saturated carbocycles. The average molecular weight is 273 g/mol. The van der Waals surface area contributed by atoms with Gasteiger partial charge in [-0.25, -0.2) is 18.4 Å². The Kier molecular flexibility index (Phi) is 3.03. The molecule has 0 amide bonds. The van der Waals surface area contributed by atoms with Gasteiger partial charge in [0.2, 0.25) is 11.6 Å². The van der Waals surface area contributed by atoms with E-state index in [9.17, 15) is 18.5 Å². The zero-order valence-electron chi connectivity index (χ0n) is 9.31. The molecule has 2 heterocycles. The van der Waals surface area contributed by atoms with Crippen molar-refractivity contribution in [1.82, 2.24) is 9.97 Å². The van der Waals surface area contributed by atoms with E-state index in [1.54, 1.807) is 0 Å². The molecule has 1 aliphatic heterocycles. The standard InChI is InChI=1S/C8H11N5O4S/c9-7-6(13(14)15)8(11-5-10-7)12-1-3-18(16,17)4-2-12/h5H,1-4H2,(H2,9,10,11). The fraction of sp³-hybridized carbons (Fsp3) is 0.500. The van der Waals surface area contributed by atoms with Crippen molar-refractivity contribution in [3.05, 3.63) is 16.4 Å². The van der Waals surface area contributed by atoms with Gasteiger partial charge in [0.25, 0.3) is 0 Å². The Morgan fingerprint density at radius 2 is 1.94 bits per heavy atom. The second-order valence-corrected chi connectivity index (χ2v) is 6.13. The molecular weight excluding hydrogens is 262 g/mol. The first-order chi connectivity index (χ1) is 8.41. The average Bonchev–Trinajstić information content (AvgIpc) is 2.28. The van der Waals surface area contributed by atoms with Gasteiger partial charge < -0.3 is 10.6 Å². The lowest BCUT2D eigenvalue weighted by Gasteiger charge is -2.27. The number of nitrogens with two attached hydrogens (primary N) is 1. The van der Waals surface area contributed by atoms with Gasteiger partial charge in [-0.05, 0) is 0 Å². The molecule has 10 heteroatoms. The van der Waals surface area contributed by atoms with Crippen LogP contribution < -0.4 is 10.6 Å². The minimum absolute atomic E-state index is 0.0476. The third-order valence-electron chi connectivity index (χ3n) is 2.66. The number of nitrogens with zero attached hydrogens (tertiary/aromatic N) is 4. The van der Waals surface area contributed by atoms with Crippen molar-refractivity contribution in [2.45, 2.75) is 0 Å². The van der Waals surface area contributed by atoms with E-state index in [0.717, 1.165) is 6.33 Å². The van der Waals surface area contributed by atoms with Crippen molar-refractivity contribution >= 4 is 27.2 Å². The highest BCUT2D eigenvalue weighted by molar-refractivity contribution is 7.91. The van der Waals surface area contributed by atoms with Crippen molar-refractivity contribution in [1.29, 1.82) is 0 Å². The molecule has 0 aromatic carbocycles. The van der Waals surface area contributed by atoms with E-state index in [-0.39, 0.29) is 41.9 Å². The van der Waals surface area contributed by atoms with Crippen LogP contribution in [0.5, 0.6) is 0 Å². The van der Waals surface area contributed by atoms with Gasteiger partial charge in [0.1, 0.15) is 6.33 Å². The Hall–Kier alpha value is -1.97. The summed E-state index contributed by atoms with van der Waals surface area (Å²) in [6, 6.07) is 0. The molecule has 0 spiro atoms. The van der Waals surface area contributed by atoms with Gasteiger partial charge in [0.15, 0.2) is 9.84 Å². The van der Waals surface area contributed by atoms with Crippen molar-refractivity contribution < 1.29 is 13.3 Å². The number of aromatic nitrogens is 2. The van der Waals surface area contributed by atoms with Gasteiger partial charge in [-0.1, -0.05) is 0 Å². The van der Waals surface area contributed by atoms with Crippen LogP contribution in [-0.4, -0.2) is 47.9 Å². The maximum atomic E-state index is 11.3. The molecule has 1 saturated heterocycles. The summed E-state index contributed by atoms with van der Waals surface area (Å²) in [5.74, 6) is -0.247.